The number of nitrogens with zero attached hydrogens (tertiary/aromatic N) is 1. The first kappa shape index (κ1) is 13.4. The van der Waals surface area contributed by atoms with Crippen LogP contribution in [0.2, 0.25) is 0 Å². The van der Waals surface area contributed by atoms with Crippen LogP contribution in [-0.2, 0) is 4.79 Å². The minimum Gasteiger partial charge on any atom is -0.399 e. The van der Waals surface area contributed by atoms with Gasteiger partial charge in [0.2, 0.25) is 5.91 Å². The molecule has 0 fully saturated rings. The third kappa shape index (κ3) is 4.76. The van der Waals surface area contributed by atoms with Crippen LogP contribution in [0.15, 0.2) is 24.3 Å². The molecule has 0 unspecified atom stereocenters. The summed E-state index contributed by atoms with van der Waals surface area (Å²) in [6, 6.07) is 7.48. The van der Waals surface area contributed by atoms with Gasteiger partial charge in [-0.15, -0.1) is 0 Å². The van der Waals surface area contributed by atoms with Crippen molar-refractivity contribution in [3.8, 4) is 0 Å². The van der Waals surface area contributed by atoms with Crippen LogP contribution in [0.25, 0.3) is 0 Å². The van der Waals surface area contributed by atoms with Gasteiger partial charge < -0.3 is 16.0 Å². The van der Waals surface area contributed by atoms with E-state index in [0.29, 0.717) is 19.0 Å². The number of benzene rings is 1. The molecule has 1 rings (SSSR count). The standard InChI is InChI=1S/C13H21N3O/c1-10(2)8-15-13(17)9-16(3)12-6-4-11(14)5-7-12/h4-7,10H,8-9,14H2,1-3H3,(H,15,17). The summed E-state index contributed by atoms with van der Waals surface area (Å²) in [6.45, 7) is 5.22. The molecule has 0 saturated heterocycles. The molecule has 1 amide bonds. The van der Waals surface area contributed by atoms with Crippen molar-refractivity contribution in [3.05, 3.63) is 24.3 Å². The summed E-state index contributed by atoms with van der Waals surface area (Å²) in [5.41, 5.74) is 7.32. The highest BCUT2D eigenvalue weighted by atomic mass is 16.2. The quantitative estimate of drug-likeness (QED) is 0.760. The summed E-state index contributed by atoms with van der Waals surface area (Å²) in [7, 11) is 1.89. The Morgan fingerprint density at radius 2 is 1.94 bits per heavy atom. The number of amides is 1. The lowest BCUT2D eigenvalue weighted by Gasteiger charge is -2.19. The third-order valence-electron chi connectivity index (χ3n) is 2.42. The molecule has 0 heterocycles. The van der Waals surface area contributed by atoms with E-state index in [9.17, 15) is 4.79 Å². The van der Waals surface area contributed by atoms with E-state index < -0.39 is 0 Å². The molecule has 0 spiro atoms. The van der Waals surface area contributed by atoms with Crippen LogP contribution in [0.4, 0.5) is 11.4 Å². The molecule has 17 heavy (non-hydrogen) atoms. The maximum atomic E-state index is 11.6. The van der Waals surface area contributed by atoms with Gasteiger partial charge in [-0.2, -0.15) is 0 Å². The lowest BCUT2D eigenvalue weighted by molar-refractivity contribution is -0.119. The van der Waals surface area contributed by atoms with Gasteiger partial charge >= 0.3 is 0 Å². The number of hydrogen-bond donors (Lipinski definition) is 2. The highest BCUT2D eigenvalue weighted by Gasteiger charge is 2.07. The van der Waals surface area contributed by atoms with Crippen LogP contribution < -0.4 is 16.0 Å². The molecule has 0 radical (unpaired) electrons. The lowest BCUT2D eigenvalue weighted by Crippen LogP contribution is -2.36. The molecule has 0 aliphatic heterocycles. The van der Waals surface area contributed by atoms with E-state index in [4.69, 9.17) is 5.73 Å². The monoisotopic (exact) mass is 235 g/mol. The van der Waals surface area contributed by atoms with Gasteiger partial charge in [-0.05, 0) is 30.2 Å². The number of nitrogens with one attached hydrogen (secondary N) is 1. The Kier molecular flexibility index (Phi) is 4.82. The predicted molar refractivity (Wildman–Crippen MR) is 72.0 cm³/mol. The average Bonchev–Trinajstić information content (AvgIpc) is 2.27. The van der Waals surface area contributed by atoms with E-state index in [1.165, 1.54) is 0 Å². The van der Waals surface area contributed by atoms with Crippen LogP contribution in [0.3, 0.4) is 0 Å². The minimum atomic E-state index is 0.0398. The topological polar surface area (TPSA) is 58.4 Å². The van der Waals surface area contributed by atoms with Gasteiger partial charge in [-0.1, -0.05) is 13.8 Å². The molecule has 1 aromatic rings. The molecular formula is C13H21N3O. The van der Waals surface area contributed by atoms with Gasteiger partial charge in [-0.25, -0.2) is 0 Å². The normalized spacial score (nSPS) is 10.4. The summed E-state index contributed by atoms with van der Waals surface area (Å²) in [5.74, 6) is 0.513. The SMILES string of the molecule is CC(C)CNC(=O)CN(C)c1ccc(N)cc1. The third-order valence-corrected chi connectivity index (χ3v) is 2.42. The lowest BCUT2D eigenvalue weighted by atomic mass is 10.2. The van der Waals surface area contributed by atoms with Crippen molar-refractivity contribution < 1.29 is 4.79 Å². The summed E-state index contributed by atoms with van der Waals surface area (Å²) < 4.78 is 0. The van der Waals surface area contributed by atoms with Crippen LogP contribution >= 0.6 is 0 Å². The van der Waals surface area contributed by atoms with Crippen molar-refractivity contribution >= 4 is 17.3 Å². The number of nitrogen functional groups attached to an aromatic ring is 1. The molecule has 0 aliphatic carbocycles. The fourth-order valence-corrected chi connectivity index (χ4v) is 1.41. The zero-order valence-electron chi connectivity index (χ0n) is 10.7. The van der Waals surface area contributed by atoms with Crippen molar-refractivity contribution in [1.29, 1.82) is 0 Å². The molecule has 3 N–H and O–H groups in total. The number of hydrogen-bond acceptors (Lipinski definition) is 3. The molecule has 0 saturated carbocycles. The molecule has 0 bridgehead atoms. The zero-order chi connectivity index (χ0) is 12.8. The number of carbonyl (C=O) groups is 1. The van der Waals surface area contributed by atoms with Gasteiger partial charge in [0.25, 0.3) is 0 Å². The summed E-state index contributed by atoms with van der Waals surface area (Å²) in [6.07, 6.45) is 0. The minimum absolute atomic E-state index is 0.0398. The van der Waals surface area contributed by atoms with Gasteiger partial charge in [0.1, 0.15) is 0 Å². The Labute approximate surface area is 103 Å². The number of rotatable bonds is 5. The molecular weight excluding hydrogens is 214 g/mol. The van der Waals surface area contributed by atoms with Crippen molar-refractivity contribution in [2.45, 2.75) is 13.8 Å². The van der Waals surface area contributed by atoms with E-state index in [1.54, 1.807) is 0 Å². The molecule has 1 aromatic carbocycles. The second kappa shape index (κ2) is 6.13. The van der Waals surface area contributed by atoms with Crippen LogP contribution in [0, 0.1) is 5.92 Å². The second-order valence-electron chi connectivity index (χ2n) is 4.65. The van der Waals surface area contributed by atoms with Crippen molar-refractivity contribution in [1.82, 2.24) is 5.32 Å². The Balaban J connectivity index is 2.46. The number of nitrogens with two attached hydrogens (primary N) is 1. The van der Waals surface area contributed by atoms with Crippen molar-refractivity contribution in [3.63, 3.8) is 0 Å². The fourth-order valence-electron chi connectivity index (χ4n) is 1.41. The predicted octanol–water partition coefficient (Wildman–Crippen LogP) is 1.48. The molecule has 0 atom stereocenters. The van der Waals surface area contributed by atoms with Crippen molar-refractivity contribution in [2.24, 2.45) is 5.92 Å². The van der Waals surface area contributed by atoms with E-state index in [2.05, 4.69) is 19.2 Å². The highest BCUT2D eigenvalue weighted by molar-refractivity contribution is 5.81. The molecule has 4 heteroatoms. The fraction of sp³-hybridized carbons (Fsp3) is 0.462. The number of carbonyl (C=O) groups excluding carboxylic acids is 1. The number of anilines is 2. The van der Waals surface area contributed by atoms with Crippen LogP contribution in [-0.4, -0.2) is 26.0 Å². The summed E-state index contributed by atoms with van der Waals surface area (Å²) >= 11 is 0. The number of likely N-dealkylation sites (N-methyl/N-ethyl adjacent to an activating group) is 1. The second-order valence-corrected chi connectivity index (χ2v) is 4.65. The Morgan fingerprint density at radius 1 is 1.35 bits per heavy atom. The van der Waals surface area contributed by atoms with Crippen molar-refractivity contribution in [2.75, 3.05) is 30.8 Å². The van der Waals surface area contributed by atoms with E-state index in [1.807, 2.05) is 36.2 Å². The first-order valence-electron chi connectivity index (χ1n) is 5.82. The first-order chi connectivity index (χ1) is 7.99. The maximum absolute atomic E-state index is 11.6. The maximum Gasteiger partial charge on any atom is 0.239 e. The van der Waals surface area contributed by atoms with Gasteiger partial charge in [0.15, 0.2) is 0 Å². The van der Waals surface area contributed by atoms with E-state index in [-0.39, 0.29) is 5.91 Å². The van der Waals surface area contributed by atoms with E-state index in [0.717, 1.165) is 11.4 Å². The van der Waals surface area contributed by atoms with Gasteiger partial charge in [0.05, 0.1) is 6.54 Å². The Hall–Kier alpha value is -1.71. The Morgan fingerprint density at radius 3 is 2.47 bits per heavy atom. The van der Waals surface area contributed by atoms with Gasteiger partial charge in [-0.3, -0.25) is 4.79 Å². The largest absolute Gasteiger partial charge is 0.399 e. The Bertz CT molecular complexity index is 359. The average molecular weight is 235 g/mol. The summed E-state index contributed by atoms with van der Waals surface area (Å²) in [5, 5.41) is 2.89. The van der Waals surface area contributed by atoms with Crippen LogP contribution in [0.1, 0.15) is 13.8 Å². The first-order valence-corrected chi connectivity index (χ1v) is 5.82. The smallest absolute Gasteiger partial charge is 0.239 e. The summed E-state index contributed by atoms with van der Waals surface area (Å²) in [4.78, 5) is 13.5. The van der Waals surface area contributed by atoms with Crippen LogP contribution in [0.5, 0.6) is 0 Å². The highest BCUT2D eigenvalue weighted by Crippen LogP contribution is 2.14. The molecule has 0 aliphatic rings. The molecule has 0 aromatic heterocycles. The molecule has 94 valence electrons. The zero-order valence-corrected chi connectivity index (χ0v) is 10.7. The molecule has 4 nitrogen and oxygen atoms in total. The van der Waals surface area contributed by atoms with Gasteiger partial charge in [0, 0.05) is 25.0 Å². The van der Waals surface area contributed by atoms with E-state index >= 15 is 0 Å².